The fourth-order valence-electron chi connectivity index (χ4n) is 1.86. The molecular formula is C14H16FNO2. The van der Waals surface area contributed by atoms with Gasteiger partial charge in [0.15, 0.2) is 6.29 Å². The summed E-state index contributed by atoms with van der Waals surface area (Å²) < 4.78 is 24.1. The first-order valence-electron chi connectivity index (χ1n) is 5.66. The highest BCUT2D eigenvalue weighted by atomic mass is 19.1. The lowest BCUT2D eigenvalue weighted by Gasteiger charge is -2.10. The lowest BCUT2D eigenvalue weighted by Crippen LogP contribution is -2.03. The van der Waals surface area contributed by atoms with Crippen molar-refractivity contribution in [2.75, 3.05) is 14.2 Å². The average molecular weight is 249 g/mol. The normalized spacial score (nSPS) is 11.2. The second kappa shape index (κ2) is 5.33. The van der Waals surface area contributed by atoms with Crippen molar-refractivity contribution in [2.45, 2.75) is 13.2 Å². The van der Waals surface area contributed by atoms with E-state index in [1.165, 1.54) is 20.3 Å². The molecular weight excluding hydrogens is 233 g/mol. The van der Waals surface area contributed by atoms with Gasteiger partial charge in [0.2, 0.25) is 0 Å². The Morgan fingerprint density at radius 3 is 2.28 bits per heavy atom. The van der Waals surface area contributed by atoms with Crippen molar-refractivity contribution >= 4 is 0 Å². The maximum absolute atomic E-state index is 13.9. The van der Waals surface area contributed by atoms with Crippen LogP contribution in [0.5, 0.6) is 0 Å². The highest BCUT2D eigenvalue weighted by Gasteiger charge is 2.16. The number of hydrogen-bond donors (Lipinski definition) is 1. The van der Waals surface area contributed by atoms with Crippen molar-refractivity contribution in [3.05, 3.63) is 47.4 Å². The second-order valence-corrected chi connectivity index (χ2v) is 4.12. The highest BCUT2D eigenvalue weighted by molar-refractivity contribution is 5.61. The van der Waals surface area contributed by atoms with Crippen LogP contribution in [0.4, 0.5) is 4.39 Å². The Hall–Kier alpha value is -1.65. The van der Waals surface area contributed by atoms with Gasteiger partial charge in [0, 0.05) is 25.8 Å². The Labute approximate surface area is 106 Å². The van der Waals surface area contributed by atoms with Crippen LogP contribution in [0.1, 0.15) is 17.5 Å². The van der Waals surface area contributed by atoms with Gasteiger partial charge < -0.3 is 14.5 Å². The lowest BCUT2D eigenvalue weighted by molar-refractivity contribution is -0.108. The van der Waals surface area contributed by atoms with Gasteiger partial charge in [-0.25, -0.2) is 4.39 Å². The largest absolute Gasteiger partial charge is 0.352 e. The minimum atomic E-state index is -0.585. The van der Waals surface area contributed by atoms with Crippen LogP contribution >= 0.6 is 0 Å². The van der Waals surface area contributed by atoms with Crippen LogP contribution in [0.2, 0.25) is 0 Å². The van der Waals surface area contributed by atoms with Crippen LogP contribution in [0.3, 0.4) is 0 Å². The number of aromatic nitrogens is 1. The lowest BCUT2D eigenvalue weighted by atomic mass is 10.1. The van der Waals surface area contributed by atoms with Gasteiger partial charge in [-0.15, -0.1) is 0 Å². The molecule has 1 aromatic carbocycles. The molecule has 0 radical (unpaired) electrons. The molecule has 2 aromatic rings. The number of aryl methyl sites for hydroxylation is 1. The summed E-state index contributed by atoms with van der Waals surface area (Å²) >= 11 is 0. The van der Waals surface area contributed by atoms with E-state index < -0.39 is 6.29 Å². The molecule has 1 aromatic heterocycles. The number of ether oxygens (including phenoxy) is 2. The molecule has 96 valence electrons. The predicted molar refractivity (Wildman–Crippen MR) is 67.7 cm³/mol. The standard InChI is InChI=1S/C14H16FNO2/c1-9-4-6-10(7-5-9)13-11(15)8-12(16-13)14(17-2)18-3/h4-8,14,16H,1-3H3. The van der Waals surface area contributed by atoms with Crippen molar-refractivity contribution in [3.8, 4) is 11.3 Å². The molecule has 0 spiro atoms. The van der Waals surface area contributed by atoms with E-state index in [0.717, 1.165) is 11.1 Å². The van der Waals surface area contributed by atoms with Gasteiger partial charge in [-0.3, -0.25) is 0 Å². The number of aromatic amines is 1. The van der Waals surface area contributed by atoms with E-state index in [0.29, 0.717) is 11.4 Å². The van der Waals surface area contributed by atoms with Crippen molar-refractivity contribution in [3.63, 3.8) is 0 Å². The van der Waals surface area contributed by atoms with Crippen molar-refractivity contribution in [2.24, 2.45) is 0 Å². The Kier molecular flexibility index (Phi) is 3.79. The van der Waals surface area contributed by atoms with Gasteiger partial charge in [-0.1, -0.05) is 29.8 Å². The van der Waals surface area contributed by atoms with E-state index in [1.807, 2.05) is 31.2 Å². The third kappa shape index (κ3) is 2.44. The molecule has 0 amide bonds. The van der Waals surface area contributed by atoms with E-state index in [-0.39, 0.29) is 5.82 Å². The van der Waals surface area contributed by atoms with Crippen molar-refractivity contribution in [1.82, 2.24) is 4.98 Å². The minimum Gasteiger partial charge on any atom is -0.352 e. The third-order valence-corrected chi connectivity index (χ3v) is 2.81. The van der Waals surface area contributed by atoms with Gasteiger partial charge in [-0.2, -0.15) is 0 Å². The number of rotatable bonds is 4. The molecule has 2 rings (SSSR count). The zero-order valence-corrected chi connectivity index (χ0v) is 10.7. The number of benzene rings is 1. The fourth-order valence-corrected chi connectivity index (χ4v) is 1.86. The number of halogens is 1. The summed E-state index contributed by atoms with van der Waals surface area (Å²) in [6.07, 6.45) is -0.585. The van der Waals surface area contributed by atoms with Crippen molar-refractivity contribution in [1.29, 1.82) is 0 Å². The molecule has 0 aliphatic carbocycles. The number of nitrogens with one attached hydrogen (secondary N) is 1. The van der Waals surface area contributed by atoms with E-state index in [2.05, 4.69) is 4.98 Å². The van der Waals surface area contributed by atoms with E-state index in [9.17, 15) is 4.39 Å². The first-order chi connectivity index (χ1) is 8.65. The zero-order chi connectivity index (χ0) is 13.1. The highest BCUT2D eigenvalue weighted by Crippen LogP contribution is 2.26. The molecule has 0 unspecified atom stereocenters. The number of hydrogen-bond acceptors (Lipinski definition) is 2. The molecule has 0 aliphatic heterocycles. The number of methoxy groups -OCH3 is 2. The topological polar surface area (TPSA) is 34.2 Å². The molecule has 18 heavy (non-hydrogen) atoms. The molecule has 0 saturated carbocycles. The summed E-state index contributed by atoms with van der Waals surface area (Å²) in [4.78, 5) is 2.99. The average Bonchev–Trinajstić information content (AvgIpc) is 2.74. The van der Waals surface area contributed by atoms with E-state index in [4.69, 9.17) is 9.47 Å². The Balaban J connectivity index is 2.37. The maximum atomic E-state index is 13.9. The summed E-state index contributed by atoms with van der Waals surface area (Å²) in [5.74, 6) is -0.312. The van der Waals surface area contributed by atoms with Crippen LogP contribution in [0.25, 0.3) is 11.3 Å². The maximum Gasteiger partial charge on any atom is 0.198 e. The Bertz CT molecular complexity index is 515. The number of H-pyrrole nitrogens is 1. The zero-order valence-electron chi connectivity index (χ0n) is 10.7. The molecule has 0 bridgehead atoms. The minimum absolute atomic E-state index is 0.312. The van der Waals surface area contributed by atoms with Crippen LogP contribution in [0, 0.1) is 12.7 Å². The quantitative estimate of drug-likeness (QED) is 0.842. The summed E-state index contributed by atoms with van der Waals surface area (Å²) in [5.41, 5.74) is 2.95. The fraction of sp³-hybridized carbons (Fsp3) is 0.286. The predicted octanol–water partition coefficient (Wildman–Crippen LogP) is 3.42. The van der Waals surface area contributed by atoms with Gasteiger partial charge in [-0.05, 0) is 6.92 Å². The molecule has 4 heteroatoms. The molecule has 1 heterocycles. The molecule has 3 nitrogen and oxygen atoms in total. The van der Waals surface area contributed by atoms with Gasteiger partial charge in [0.05, 0.1) is 11.4 Å². The monoisotopic (exact) mass is 249 g/mol. The molecule has 0 fully saturated rings. The van der Waals surface area contributed by atoms with Crippen LogP contribution in [-0.4, -0.2) is 19.2 Å². The van der Waals surface area contributed by atoms with E-state index in [1.54, 1.807) is 0 Å². The molecule has 0 aliphatic rings. The first-order valence-corrected chi connectivity index (χ1v) is 5.66. The third-order valence-electron chi connectivity index (χ3n) is 2.81. The first kappa shape index (κ1) is 12.8. The van der Waals surface area contributed by atoms with Gasteiger partial charge in [0.1, 0.15) is 5.82 Å². The van der Waals surface area contributed by atoms with Crippen LogP contribution in [0.15, 0.2) is 30.3 Å². The van der Waals surface area contributed by atoms with Crippen molar-refractivity contribution < 1.29 is 13.9 Å². The van der Waals surface area contributed by atoms with Gasteiger partial charge >= 0.3 is 0 Å². The van der Waals surface area contributed by atoms with E-state index >= 15 is 0 Å². The SMILES string of the molecule is COC(OC)c1cc(F)c(-c2ccc(C)cc2)[nH]1. The molecule has 0 atom stereocenters. The van der Waals surface area contributed by atoms with Gasteiger partial charge in [0.25, 0.3) is 0 Å². The second-order valence-electron chi connectivity index (χ2n) is 4.12. The smallest absolute Gasteiger partial charge is 0.198 e. The summed E-state index contributed by atoms with van der Waals surface area (Å²) in [5, 5.41) is 0. The summed E-state index contributed by atoms with van der Waals surface area (Å²) in [6.45, 7) is 1.99. The Morgan fingerprint density at radius 1 is 1.11 bits per heavy atom. The molecule has 1 N–H and O–H groups in total. The summed E-state index contributed by atoms with van der Waals surface area (Å²) in [6, 6.07) is 9.04. The molecule has 0 saturated heterocycles. The summed E-state index contributed by atoms with van der Waals surface area (Å²) in [7, 11) is 3.02. The Morgan fingerprint density at radius 2 is 1.72 bits per heavy atom. The van der Waals surface area contributed by atoms with Crippen LogP contribution in [-0.2, 0) is 9.47 Å². The van der Waals surface area contributed by atoms with Crippen LogP contribution < -0.4 is 0 Å².